The first-order valence-electron chi connectivity index (χ1n) is 19.4. The number of pyridine rings is 2. The van der Waals surface area contributed by atoms with Gasteiger partial charge in [-0.15, -0.1) is 0 Å². The molecule has 2 aromatic heterocycles. The molecule has 56 heavy (non-hydrogen) atoms. The molecule has 3 aliphatic rings. The van der Waals surface area contributed by atoms with Crippen molar-refractivity contribution in [3.63, 3.8) is 0 Å². The fourth-order valence-electron chi connectivity index (χ4n) is 6.98. The summed E-state index contributed by atoms with van der Waals surface area (Å²) >= 11 is 3.59. The Morgan fingerprint density at radius 3 is 1.23 bits per heavy atom. The zero-order valence-corrected chi connectivity index (χ0v) is 36.3. The highest BCUT2D eigenvalue weighted by molar-refractivity contribution is 9.10. The monoisotopic (exact) mass is 816 g/mol. The molecule has 0 atom stereocenters. The van der Waals surface area contributed by atoms with E-state index in [4.69, 9.17) is 27.9 Å². The molecule has 0 aliphatic carbocycles. The second-order valence-corrected chi connectivity index (χ2v) is 18.8. The van der Waals surface area contributed by atoms with E-state index >= 15 is 0 Å². The van der Waals surface area contributed by atoms with Crippen LogP contribution in [-0.2, 0) is 27.9 Å². The molecule has 12 heteroatoms. The molecule has 0 spiro atoms. The van der Waals surface area contributed by atoms with E-state index in [2.05, 4.69) is 102 Å². The minimum absolute atomic E-state index is 0.345. The number of aromatic nitrogens is 2. The van der Waals surface area contributed by atoms with Gasteiger partial charge in [0.05, 0.1) is 44.6 Å². The maximum Gasteiger partial charge on any atom is 0.495 e. The van der Waals surface area contributed by atoms with Crippen molar-refractivity contribution in [2.45, 2.75) is 117 Å². The standard InChI is InChI=1S/C19H20BNO2.C13H8BrN.C12H24B2O4/c1-18(2)19(3,4)23-20(22-18)16-12-13-8-7-11-21-17(13)15-10-6-5-9-14(15)16;14-12-8-9-4-3-7-15-13(9)11-6-2-1-5-10(11)12;1-9(2)10(3,4)16-13(15-9)14-17-11(5,6)12(7,8)18-14/h5-12H,1-4H3;1-8H;1-8H3. The fourth-order valence-corrected chi connectivity index (χ4v) is 7.57. The lowest BCUT2D eigenvalue weighted by Gasteiger charge is -2.32. The lowest BCUT2D eigenvalue weighted by molar-refractivity contribution is 0.00578. The summed E-state index contributed by atoms with van der Waals surface area (Å²) in [6, 6.07) is 29.0. The molecule has 3 aliphatic heterocycles. The maximum atomic E-state index is 6.26. The molecule has 3 fully saturated rings. The number of rotatable bonds is 2. The van der Waals surface area contributed by atoms with Crippen molar-refractivity contribution in [3.8, 4) is 0 Å². The summed E-state index contributed by atoms with van der Waals surface area (Å²) in [5.41, 5.74) is 1.02. The van der Waals surface area contributed by atoms with Gasteiger partial charge in [-0.05, 0) is 118 Å². The van der Waals surface area contributed by atoms with Crippen molar-refractivity contribution in [1.29, 1.82) is 0 Å². The van der Waals surface area contributed by atoms with Gasteiger partial charge >= 0.3 is 21.1 Å². The van der Waals surface area contributed by atoms with E-state index in [0.29, 0.717) is 0 Å². The van der Waals surface area contributed by atoms with Gasteiger partial charge in [-0.2, -0.15) is 0 Å². The van der Waals surface area contributed by atoms with Crippen LogP contribution >= 0.6 is 15.9 Å². The van der Waals surface area contributed by atoms with Gasteiger partial charge in [0.2, 0.25) is 0 Å². The number of nitrogens with zero attached hydrogens (tertiary/aromatic N) is 2. The van der Waals surface area contributed by atoms with Crippen LogP contribution in [0.1, 0.15) is 83.1 Å². The third-order valence-corrected chi connectivity index (χ3v) is 13.1. The Balaban J connectivity index is 0.000000132. The van der Waals surface area contributed by atoms with E-state index < -0.39 is 14.0 Å². The van der Waals surface area contributed by atoms with Gasteiger partial charge in [0.25, 0.3) is 0 Å². The Hall–Kier alpha value is -3.35. The van der Waals surface area contributed by atoms with Crippen LogP contribution in [0.15, 0.2) is 102 Å². The molecular formula is C44H52B3BrN2O6. The molecule has 290 valence electrons. The van der Waals surface area contributed by atoms with E-state index in [1.165, 1.54) is 16.2 Å². The second-order valence-electron chi connectivity index (χ2n) is 17.9. The maximum absolute atomic E-state index is 6.26. The predicted octanol–water partition coefficient (Wildman–Crippen LogP) is 10.1. The molecule has 0 amide bonds. The highest BCUT2D eigenvalue weighted by atomic mass is 79.9. The van der Waals surface area contributed by atoms with Gasteiger partial charge < -0.3 is 27.9 Å². The summed E-state index contributed by atoms with van der Waals surface area (Å²) < 4.78 is 37.5. The van der Waals surface area contributed by atoms with E-state index in [1.54, 1.807) is 0 Å². The average Bonchev–Trinajstić information content (AvgIpc) is 3.61. The lowest BCUT2D eigenvalue weighted by Crippen LogP contribution is -2.41. The van der Waals surface area contributed by atoms with Crippen LogP contribution < -0.4 is 5.46 Å². The van der Waals surface area contributed by atoms with Crippen molar-refractivity contribution < 1.29 is 27.9 Å². The lowest BCUT2D eigenvalue weighted by atomic mass is 9.49. The Kier molecular flexibility index (Phi) is 10.6. The molecule has 0 N–H and O–H groups in total. The number of benzene rings is 4. The zero-order valence-electron chi connectivity index (χ0n) is 34.7. The first-order valence-corrected chi connectivity index (χ1v) is 20.2. The van der Waals surface area contributed by atoms with Crippen LogP contribution in [0.25, 0.3) is 43.4 Å². The Labute approximate surface area is 340 Å². The minimum Gasteiger partial charge on any atom is -0.405 e. The second kappa shape index (κ2) is 14.5. The zero-order chi connectivity index (χ0) is 40.5. The van der Waals surface area contributed by atoms with E-state index in [-0.39, 0.29) is 40.7 Å². The minimum atomic E-state index is -0.476. The normalized spacial score (nSPS) is 21.3. The third kappa shape index (κ3) is 7.43. The van der Waals surface area contributed by atoms with Crippen LogP contribution in [0.4, 0.5) is 0 Å². The summed E-state index contributed by atoms with van der Waals surface area (Å²) in [4.78, 5) is 8.98. The van der Waals surface area contributed by atoms with Gasteiger partial charge in [0.15, 0.2) is 0 Å². The van der Waals surface area contributed by atoms with Gasteiger partial charge in [-0.1, -0.05) is 82.7 Å². The van der Waals surface area contributed by atoms with Crippen LogP contribution in [0, 0.1) is 0 Å². The van der Waals surface area contributed by atoms with Crippen LogP contribution in [0.5, 0.6) is 0 Å². The smallest absolute Gasteiger partial charge is 0.405 e. The van der Waals surface area contributed by atoms with E-state index in [1.807, 2.05) is 104 Å². The summed E-state index contributed by atoms with van der Waals surface area (Å²) in [6.07, 6.45) is 3.67. The number of hydrogen-bond acceptors (Lipinski definition) is 8. The predicted molar refractivity (Wildman–Crippen MR) is 234 cm³/mol. The van der Waals surface area contributed by atoms with Gasteiger partial charge in [0.1, 0.15) is 0 Å². The number of hydrogen-bond donors (Lipinski definition) is 0. The largest absolute Gasteiger partial charge is 0.495 e. The topological polar surface area (TPSA) is 81.2 Å². The first kappa shape index (κ1) is 40.8. The molecule has 9 rings (SSSR count). The molecule has 0 bridgehead atoms. The van der Waals surface area contributed by atoms with Crippen molar-refractivity contribution >= 4 is 85.9 Å². The van der Waals surface area contributed by atoms with E-state index in [9.17, 15) is 0 Å². The Morgan fingerprint density at radius 1 is 0.429 bits per heavy atom. The summed E-state index contributed by atoms with van der Waals surface area (Å²) in [5.74, 6) is 0. The molecule has 6 aromatic rings. The number of fused-ring (bicyclic) bond motifs is 6. The SMILES string of the molecule is Brc1cc2cccnc2c2ccccc12.CC1(C)OB(B2OC(C)(C)C(C)(C)O2)OC1(C)C.CC1(C)OB(c2cc3cccnc3c3ccccc23)OC1(C)C. The molecular weight excluding hydrogens is 765 g/mol. The quantitative estimate of drug-likeness (QED) is 0.126. The molecule has 3 saturated heterocycles. The molecule has 0 saturated carbocycles. The third-order valence-electron chi connectivity index (χ3n) is 12.5. The van der Waals surface area contributed by atoms with Gasteiger partial charge in [-0.3, -0.25) is 9.97 Å². The first-order chi connectivity index (χ1) is 26.1. The highest BCUT2D eigenvalue weighted by Crippen LogP contribution is 2.43. The molecule has 4 aromatic carbocycles. The van der Waals surface area contributed by atoms with Crippen LogP contribution in [0.2, 0.25) is 0 Å². The van der Waals surface area contributed by atoms with Gasteiger partial charge in [0, 0.05) is 38.4 Å². The summed E-state index contributed by atoms with van der Waals surface area (Å²) in [7, 11) is -1.32. The molecule has 0 unspecified atom stereocenters. The van der Waals surface area contributed by atoms with Crippen molar-refractivity contribution in [3.05, 3.63) is 102 Å². The van der Waals surface area contributed by atoms with Gasteiger partial charge in [-0.25, -0.2) is 0 Å². The fraction of sp³-hybridized carbons (Fsp3) is 0.409. The summed E-state index contributed by atoms with van der Waals surface area (Å²) in [5, 5.41) is 6.96. The number of halogens is 1. The van der Waals surface area contributed by atoms with Crippen molar-refractivity contribution in [2.24, 2.45) is 0 Å². The molecule has 8 nitrogen and oxygen atoms in total. The Bertz CT molecular complexity index is 2340. The average molecular weight is 817 g/mol. The van der Waals surface area contributed by atoms with E-state index in [0.717, 1.165) is 37.1 Å². The molecule has 0 radical (unpaired) electrons. The van der Waals surface area contributed by atoms with Crippen molar-refractivity contribution in [2.75, 3.05) is 0 Å². The Morgan fingerprint density at radius 2 is 0.786 bits per heavy atom. The van der Waals surface area contributed by atoms with Crippen molar-refractivity contribution in [1.82, 2.24) is 9.97 Å². The van der Waals surface area contributed by atoms with Crippen LogP contribution in [-0.4, -0.2) is 64.7 Å². The summed E-state index contributed by atoms with van der Waals surface area (Å²) in [6.45, 7) is 24.5. The highest BCUT2D eigenvalue weighted by Gasteiger charge is 2.63. The molecule has 5 heterocycles. The van der Waals surface area contributed by atoms with Crippen LogP contribution in [0.3, 0.4) is 0 Å².